The first-order valence-electron chi connectivity index (χ1n) is 4.69. The molecule has 0 bridgehead atoms. The molecule has 0 aliphatic carbocycles. The largest absolute Gasteiger partial charge is 0.394 e. The van der Waals surface area contributed by atoms with Gasteiger partial charge < -0.3 is 14.9 Å². The smallest absolute Gasteiger partial charge is 0.257 e. The number of aliphatic hydroxyl groups is 2. The third-order valence-electron chi connectivity index (χ3n) is 1.95. The van der Waals surface area contributed by atoms with Crippen molar-refractivity contribution in [2.75, 3.05) is 6.61 Å². The summed E-state index contributed by atoms with van der Waals surface area (Å²) in [7, 11) is 0. The zero-order chi connectivity index (χ0) is 11.9. The second kappa shape index (κ2) is 6.07. The molecule has 2 N–H and O–H groups in total. The lowest BCUT2D eigenvalue weighted by Crippen LogP contribution is -2.27. The van der Waals surface area contributed by atoms with Gasteiger partial charge in [-0.2, -0.15) is 10.4 Å². The molecule has 1 aromatic rings. The predicted molar refractivity (Wildman–Crippen MR) is 51.6 cm³/mol. The van der Waals surface area contributed by atoms with Gasteiger partial charge in [-0.05, 0) is 6.42 Å². The zero-order valence-electron chi connectivity index (χ0n) is 8.52. The summed E-state index contributed by atoms with van der Waals surface area (Å²) in [6, 6.07) is 1.63. The second-order valence-corrected chi connectivity index (χ2v) is 3.15. The van der Waals surface area contributed by atoms with E-state index < -0.39 is 5.79 Å². The van der Waals surface area contributed by atoms with Gasteiger partial charge in [0.05, 0.1) is 18.9 Å². The molecule has 7 nitrogen and oxygen atoms in total. The third kappa shape index (κ3) is 3.86. The highest BCUT2D eigenvalue weighted by Gasteiger charge is 2.38. The summed E-state index contributed by atoms with van der Waals surface area (Å²) in [5.74, 6) is -1.65. The van der Waals surface area contributed by atoms with Gasteiger partial charge in [0.2, 0.25) is 0 Å². The van der Waals surface area contributed by atoms with Crippen LogP contribution in [0.15, 0.2) is 18.7 Å². The number of nitrogens with zero attached hydrogens (tertiary/aromatic N) is 4. The lowest BCUT2D eigenvalue weighted by atomic mass is 10.2. The first-order chi connectivity index (χ1) is 7.70. The molecular formula is C9H12N4O3. The van der Waals surface area contributed by atoms with E-state index in [0.717, 1.165) is 0 Å². The minimum Gasteiger partial charge on any atom is -0.394 e. The van der Waals surface area contributed by atoms with E-state index >= 15 is 0 Å². The number of nitriles is 1. The number of aromatic nitrogens is 3. The van der Waals surface area contributed by atoms with E-state index in [1.54, 1.807) is 12.3 Å². The first-order valence-corrected chi connectivity index (χ1v) is 4.69. The fourth-order valence-corrected chi connectivity index (χ4v) is 1.17. The fourth-order valence-electron chi connectivity index (χ4n) is 1.17. The average molecular weight is 224 g/mol. The van der Waals surface area contributed by atoms with Crippen LogP contribution in [0.2, 0.25) is 0 Å². The molecule has 0 aromatic carbocycles. The lowest BCUT2D eigenvalue weighted by Gasteiger charge is -2.12. The van der Waals surface area contributed by atoms with Crippen LogP contribution in [0.5, 0.6) is 0 Å². The summed E-state index contributed by atoms with van der Waals surface area (Å²) in [6.07, 6.45) is 4.95. The second-order valence-electron chi connectivity index (χ2n) is 3.15. The van der Waals surface area contributed by atoms with Gasteiger partial charge in [0.25, 0.3) is 5.79 Å². The fraction of sp³-hybridized carbons (Fsp3) is 0.556. The normalized spacial score (nSPS) is 27.7. The van der Waals surface area contributed by atoms with Gasteiger partial charge >= 0.3 is 0 Å². The average Bonchev–Trinajstić information content (AvgIpc) is 2.75. The lowest BCUT2D eigenvalue weighted by molar-refractivity contribution is -0.156. The van der Waals surface area contributed by atoms with Crippen LogP contribution in [-0.2, 0) is 4.74 Å². The highest BCUT2D eigenvalue weighted by atomic mass is 16.6. The molecule has 2 rings (SSSR count). The monoisotopic (exact) mass is 224 g/mol. The van der Waals surface area contributed by atoms with Gasteiger partial charge in [-0.15, -0.1) is 5.10 Å². The maximum Gasteiger partial charge on any atom is 0.257 e. The van der Waals surface area contributed by atoms with Crippen LogP contribution in [0.25, 0.3) is 0 Å². The molecule has 1 fully saturated rings. The Hall–Kier alpha value is -1.62. The van der Waals surface area contributed by atoms with Crippen LogP contribution in [0.4, 0.5) is 0 Å². The van der Waals surface area contributed by atoms with Gasteiger partial charge in [0.1, 0.15) is 12.4 Å². The maximum atomic E-state index is 9.11. The number of ether oxygens (including phenoxy) is 1. The molecule has 0 radical (unpaired) electrons. The Morgan fingerprint density at radius 3 is 2.56 bits per heavy atom. The molecule has 16 heavy (non-hydrogen) atoms. The summed E-state index contributed by atoms with van der Waals surface area (Å²) < 4.78 is 4.79. The quantitative estimate of drug-likeness (QED) is 0.603. The van der Waals surface area contributed by atoms with Crippen molar-refractivity contribution in [3.05, 3.63) is 18.7 Å². The van der Waals surface area contributed by atoms with Gasteiger partial charge in [-0.25, -0.2) is 4.98 Å². The Kier molecular flexibility index (Phi) is 4.72. The summed E-state index contributed by atoms with van der Waals surface area (Å²) >= 11 is 0. The van der Waals surface area contributed by atoms with Crippen molar-refractivity contribution < 1.29 is 14.9 Å². The third-order valence-corrected chi connectivity index (χ3v) is 1.95. The number of rotatable bonds is 1. The molecule has 7 heteroatoms. The summed E-state index contributed by atoms with van der Waals surface area (Å²) in [6.45, 7) is -0.135. The molecule has 2 heterocycles. The standard InChI is InChI=1S/C6H9NO3.C3H3N3/c7-4-6(9)2-1-5(3-8)10-6;1-2-5-6-3-4-1/h5,8-9H,1-3H2;1-3H. The van der Waals surface area contributed by atoms with Crippen LogP contribution in [0.1, 0.15) is 12.8 Å². The van der Waals surface area contributed by atoms with E-state index in [1.807, 2.05) is 0 Å². The Balaban J connectivity index is 0.000000181. The maximum absolute atomic E-state index is 9.11. The molecule has 1 aliphatic rings. The Bertz CT molecular complexity index is 316. The highest BCUT2D eigenvalue weighted by Crippen LogP contribution is 2.26. The minimum atomic E-state index is -1.65. The van der Waals surface area contributed by atoms with E-state index in [9.17, 15) is 0 Å². The molecular weight excluding hydrogens is 212 g/mol. The molecule has 1 saturated heterocycles. The van der Waals surface area contributed by atoms with Crippen molar-refractivity contribution in [2.24, 2.45) is 0 Å². The molecule has 0 amide bonds. The predicted octanol–water partition coefficient (Wildman–Crippen LogP) is -0.759. The van der Waals surface area contributed by atoms with E-state index in [0.29, 0.717) is 6.42 Å². The van der Waals surface area contributed by atoms with Crippen LogP contribution in [0, 0.1) is 11.3 Å². The SMILES string of the molecule is N#CC1(O)CCC(CO)O1.c1cnncn1. The molecule has 1 aliphatic heterocycles. The summed E-state index contributed by atoms with van der Waals surface area (Å²) in [5, 5.41) is 32.9. The van der Waals surface area contributed by atoms with E-state index in [-0.39, 0.29) is 19.1 Å². The molecule has 0 spiro atoms. The molecule has 2 atom stereocenters. The zero-order valence-corrected chi connectivity index (χ0v) is 8.52. The van der Waals surface area contributed by atoms with Gasteiger partial charge in [0.15, 0.2) is 0 Å². The molecule has 0 saturated carbocycles. The van der Waals surface area contributed by atoms with Crippen molar-refractivity contribution >= 4 is 0 Å². The van der Waals surface area contributed by atoms with Gasteiger partial charge in [-0.3, -0.25) is 0 Å². The summed E-state index contributed by atoms with van der Waals surface area (Å²) in [4.78, 5) is 3.61. The molecule has 86 valence electrons. The topological polar surface area (TPSA) is 112 Å². The van der Waals surface area contributed by atoms with Crippen molar-refractivity contribution in [3.8, 4) is 6.07 Å². The van der Waals surface area contributed by atoms with Gasteiger partial charge in [0, 0.05) is 12.6 Å². The first kappa shape index (κ1) is 12.4. The Morgan fingerprint density at radius 1 is 1.50 bits per heavy atom. The van der Waals surface area contributed by atoms with E-state index in [1.165, 1.54) is 12.5 Å². The number of hydrogen-bond acceptors (Lipinski definition) is 7. The van der Waals surface area contributed by atoms with E-state index in [2.05, 4.69) is 15.2 Å². The minimum absolute atomic E-state index is 0.135. The highest BCUT2D eigenvalue weighted by molar-refractivity contribution is 4.97. The van der Waals surface area contributed by atoms with Crippen molar-refractivity contribution in [1.29, 1.82) is 5.26 Å². The Morgan fingerprint density at radius 2 is 2.31 bits per heavy atom. The summed E-state index contributed by atoms with van der Waals surface area (Å²) in [5.41, 5.74) is 0. The van der Waals surface area contributed by atoms with Crippen LogP contribution in [-0.4, -0.2) is 43.9 Å². The Labute approximate surface area is 92.3 Å². The van der Waals surface area contributed by atoms with Crippen LogP contribution >= 0.6 is 0 Å². The van der Waals surface area contributed by atoms with Gasteiger partial charge in [-0.1, -0.05) is 0 Å². The molecule has 2 unspecified atom stereocenters. The van der Waals surface area contributed by atoms with E-state index in [4.69, 9.17) is 20.2 Å². The molecule has 1 aromatic heterocycles. The number of hydrogen-bond donors (Lipinski definition) is 2. The van der Waals surface area contributed by atoms with Crippen molar-refractivity contribution in [1.82, 2.24) is 15.2 Å². The van der Waals surface area contributed by atoms with Crippen LogP contribution < -0.4 is 0 Å². The van der Waals surface area contributed by atoms with Crippen molar-refractivity contribution in [3.63, 3.8) is 0 Å². The van der Waals surface area contributed by atoms with Crippen LogP contribution in [0.3, 0.4) is 0 Å². The van der Waals surface area contributed by atoms with Crippen molar-refractivity contribution in [2.45, 2.75) is 24.7 Å². The number of aliphatic hydroxyl groups excluding tert-OH is 1.